The maximum absolute atomic E-state index is 13.1. The van der Waals surface area contributed by atoms with Crippen molar-refractivity contribution in [1.82, 2.24) is 9.80 Å². The average Bonchev–Trinajstić information content (AvgIpc) is 2.85. The highest BCUT2D eigenvalue weighted by atomic mass is 16.5. The molecule has 0 aliphatic carbocycles. The second-order valence-electron chi connectivity index (χ2n) is 8.13. The minimum atomic E-state index is -0.562. The first-order valence-corrected chi connectivity index (χ1v) is 11.2. The zero-order valence-corrected chi connectivity index (χ0v) is 18.9. The highest BCUT2D eigenvalue weighted by molar-refractivity contribution is 5.89. The summed E-state index contributed by atoms with van der Waals surface area (Å²) in [5.41, 5.74) is 1.02. The number of hydrogen-bond acceptors (Lipinski definition) is 6. The number of morpholine rings is 1. The van der Waals surface area contributed by atoms with Gasteiger partial charge >= 0.3 is 0 Å². The van der Waals surface area contributed by atoms with E-state index in [4.69, 9.17) is 18.9 Å². The molecule has 172 valence electrons. The third-order valence-corrected chi connectivity index (χ3v) is 6.12. The molecule has 2 atom stereocenters. The second-order valence-corrected chi connectivity index (χ2v) is 8.13. The third kappa shape index (κ3) is 5.16. The lowest BCUT2D eigenvalue weighted by molar-refractivity contribution is -0.164. The third-order valence-electron chi connectivity index (χ3n) is 6.12. The molecule has 2 aromatic rings. The lowest BCUT2D eigenvalue weighted by Gasteiger charge is -2.47. The minimum absolute atomic E-state index is 0.0204. The van der Waals surface area contributed by atoms with Crippen molar-refractivity contribution in [1.29, 1.82) is 0 Å². The molecule has 2 saturated heterocycles. The van der Waals surface area contributed by atoms with Crippen LogP contribution in [0.4, 0.5) is 0 Å². The zero-order valence-electron chi connectivity index (χ0n) is 18.9. The number of carbonyl (C=O) groups is 1. The number of benzene rings is 2. The molecular formula is C25H32N2O5. The van der Waals surface area contributed by atoms with E-state index in [9.17, 15) is 4.79 Å². The number of ether oxygens (including phenoxy) is 4. The molecule has 7 heteroatoms. The minimum Gasteiger partial charge on any atom is -0.497 e. The van der Waals surface area contributed by atoms with Gasteiger partial charge in [-0.3, -0.25) is 9.69 Å². The van der Waals surface area contributed by atoms with Gasteiger partial charge in [-0.15, -0.1) is 0 Å². The fourth-order valence-corrected chi connectivity index (χ4v) is 4.32. The molecule has 32 heavy (non-hydrogen) atoms. The molecule has 2 fully saturated rings. The second kappa shape index (κ2) is 10.7. The Hall–Kier alpha value is -2.77. The summed E-state index contributed by atoms with van der Waals surface area (Å²) in [5, 5.41) is 0. The maximum atomic E-state index is 13.1. The van der Waals surface area contributed by atoms with Crippen LogP contribution in [-0.4, -0.2) is 75.4 Å². The largest absolute Gasteiger partial charge is 0.497 e. The maximum Gasteiger partial charge on any atom is 0.266 e. The molecule has 1 amide bonds. The average molecular weight is 441 g/mol. The standard InChI is InChI=1S/C25H32N2O5/c1-29-20-8-5-7-19(17-20)23-24(32-22-10-6-9-21(18-22)30-2)25(28)27(23)12-4-3-11-26-13-15-31-16-14-26/h5-10,17-18,23-24H,3-4,11-16H2,1-2H3/t23-,24-/m1/s1. The lowest BCUT2D eigenvalue weighted by atomic mass is 9.90. The topological polar surface area (TPSA) is 60.5 Å². The van der Waals surface area contributed by atoms with Gasteiger partial charge in [0, 0.05) is 25.7 Å². The van der Waals surface area contributed by atoms with E-state index in [-0.39, 0.29) is 11.9 Å². The van der Waals surface area contributed by atoms with Crippen LogP contribution >= 0.6 is 0 Å². The monoisotopic (exact) mass is 440 g/mol. The fourth-order valence-electron chi connectivity index (χ4n) is 4.32. The van der Waals surface area contributed by atoms with Crippen molar-refractivity contribution in [3.05, 3.63) is 54.1 Å². The summed E-state index contributed by atoms with van der Waals surface area (Å²) >= 11 is 0. The lowest BCUT2D eigenvalue weighted by Crippen LogP contribution is -2.61. The highest BCUT2D eigenvalue weighted by Gasteiger charge is 2.49. The molecule has 0 aromatic heterocycles. The first kappa shape index (κ1) is 22.4. The van der Waals surface area contributed by atoms with Crippen LogP contribution in [0.5, 0.6) is 17.2 Å². The van der Waals surface area contributed by atoms with Crippen LogP contribution in [0.3, 0.4) is 0 Å². The molecule has 0 bridgehead atoms. The summed E-state index contributed by atoms with van der Waals surface area (Å²) in [6.45, 7) is 5.36. The molecular weight excluding hydrogens is 408 g/mol. The van der Waals surface area contributed by atoms with Crippen LogP contribution in [-0.2, 0) is 9.53 Å². The first-order valence-electron chi connectivity index (χ1n) is 11.2. The zero-order chi connectivity index (χ0) is 22.3. The first-order chi connectivity index (χ1) is 15.7. The SMILES string of the molecule is COc1cccc(O[C@H]2C(=O)N(CCCCN3CCOCC3)[C@@H]2c2cccc(OC)c2)c1. The van der Waals surface area contributed by atoms with E-state index in [0.29, 0.717) is 18.0 Å². The van der Waals surface area contributed by atoms with Gasteiger partial charge in [-0.1, -0.05) is 18.2 Å². The van der Waals surface area contributed by atoms with Crippen molar-refractivity contribution in [2.45, 2.75) is 25.0 Å². The Kier molecular flexibility index (Phi) is 7.50. The fraction of sp³-hybridized carbons (Fsp3) is 0.480. The molecule has 2 aromatic carbocycles. The number of likely N-dealkylation sites (tertiary alicyclic amines) is 1. The molecule has 4 rings (SSSR count). The van der Waals surface area contributed by atoms with Crippen LogP contribution in [0.25, 0.3) is 0 Å². The van der Waals surface area contributed by atoms with E-state index in [1.165, 1.54) is 0 Å². The summed E-state index contributed by atoms with van der Waals surface area (Å²) in [7, 11) is 3.27. The Labute approximate surface area is 189 Å². The van der Waals surface area contributed by atoms with E-state index in [2.05, 4.69) is 4.90 Å². The van der Waals surface area contributed by atoms with Crippen molar-refractivity contribution >= 4 is 5.91 Å². The van der Waals surface area contributed by atoms with E-state index in [1.807, 2.05) is 47.4 Å². The van der Waals surface area contributed by atoms with Crippen LogP contribution in [0.15, 0.2) is 48.5 Å². The molecule has 0 unspecified atom stereocenters. The van der Waals surface area contributed by atoms with Crippen molar-refractivity contribution in [2.24, 2.45) is 0 Å². The summed E-state index contributed by atoms with van der Waals surface area (Å²) < 4.78 is 22.3. The van der Waals surface area contributed by atoms with Crippen molar-refractivity contribution < 1.29 is 23.7 Å². The van der Waals surface area contributed by atoms with E-state index < -0.39 is 6.10 Å². The quantitative estimate of drug-likeness (QED) is 0.418. The number of carbonyl (C=O) groups excluding carboxylic acids is 1. The van der Waals surface area contributed by atoms with Gasteiger partial charge in [-0.2, -0.15) is 0 Å². The number of hydrogen-bond donors (Lipinski definition) is 0. The Morgan fingerprint density at radius 3 is 2.31 bits per heavy atom. The summed E-state index contributed by atoms with van der Waals surface area (Å²) in [5.74, 6) is 2.12. The Morgan fingerprint density at radius 2 is 1.56 bits per heavy atom. The van der Waals surface area contributed by atoms with Crippen LogP contribution in [0, 0.1) is 0 Å². The number of amides is 1. The smallest absolute Gasteiger partial charge is 0.266 e. The molecule has 2 aliphatic heterocycles. The molecule has 2 heterocycles. The van der Waals surface area contributed by atoms with Gasteiger partial charge < -0.3 is 23.8 Å². The van der Waals surface area contributed by atoms with Gasteiger partial charge in [0.05, 0.1) is 27.4 Å². The summed E-state index contributed by atoms with van der Waals surface area (Å²) in [6.07, 6.45) is 1.44. The Morgan fingerprint density at radius 1 is 0.906 bits per heavy atom. The molecule has 7 nitrogen and oxygen atoms in total. The van der Waals surface area contributed by atoms with Gasteiger partial charge in [0.15, 0.2) is 0 Å². The molecule has 0 spiro atoms. The van der Waals surface area contributed by atoms with Crippen molar-refractivity contribution in [3.8, 4) is 17.2 Å². The molecule has 0 N–H and O–H groups in total. The van der Waals surface area contributed by atoms with Gasteiger partial charge in [-0.25, -0.2) is 0 Å². The van der Waals surface area contributed by atoms with E-state index >= 15 is 0 Å². The van der Waals surface area contributed by atoms with Crippen LogP contribution in [0.1, 0.15) is 24.4 Å². The number of β-lactam (4-membered cyclic amide) rings is 1. The highest BCUT2D eigenvalue weighted by Crippen LogP contribution is 2.39. The number of nitrogens with zero attached hydrogens (tertiary/aromatic N) is 2. The van der Waals surface area contributed by atoms with Crippen LogP contribution < -0.4 is 14.2 Å². The van der Waals surface area contributed by atoms with E-state index in [1.54, 1.807) is 20.3 Å². The molecule has 2 aliphatic rings. The predicted octanol–water partition coefficient (Wildman–Crippen LogP) is 3.15. The van der Waals surface area contributed by atoms with E-state index in [0.717, 1.165) is 57.0 Å². The number of methoxy groups -OCH3 is 2. The summed E-state index contributed by atoms with van der Waals surface area (Å²) in [6, 6.07) is 15.1. The molecule has 0 saturated carbocycles. The van der Waals surface area contributed by atoms with Gasteiger partial charge in [0.2, 0.25) is 6.10 Å². The number of rotatable bonds is 10. The Bertz CT molecular complexity index is 899. The normalized spacial score (nSPS) is 21.2. The number of unbranched alkanes of at least 4 members (excludes halogenated alkanes) is 1. The van der Waals surface area contributed by atoms with Crippen molar-refractivity contribution in [3.63, 3.8) is 0 Å². The molecule has 0 radical (unpaired) electrons. The van der Waals surface area contributed by atoms with Gasteiger partial charge in [0.1, 0.15) is 23.3 Å². The van der Waals surface area contributed by atoms with Crippen molar-refractivity contribution in [2.75, 3.05) is 53.6 Å². The predicted molar refractivity (Wildman–Crippen MR) is 121 cm³/mol. The van der Waals surface area contributed by atoms with Gasteiger partial charge in [-0.05, 0) is 49.2 Å². The Balaban J connectivity index is 1.43. The van der Waals surface area contributed by atoms with Gasteiger partial charge in [0.25, 0.3) is 5.91 Å². The van der Waals surface area contributed by atoms with Crippen LogP contribution in [0.2, 0.25) is 0 Å². The summed E-state index contributed by atoms with van der Waals surface area (Å²) in [4.78, 5) is 17.4.